The first-order chi connectivity index (χ1) is 14.4. The molecule has 1 amide bonds. The van der Waals surface area contributed by atoms with E-state index < -0.39 is 42.8 Å². The number of hydrogen-bond donors (Lipinski definition) is 1. The van der Waals surface area contributed by atoms with Crippen LogP contribution in [0.3, 0.4) is 0 Å². The molecule has 0 aliphatic rings. The van der Waals surface area contributed by atoms with E-state index in [1.165, 1.54) is 13.2 Å². The molecule has 0 saturated carbocycles. The minimum absolute atomic E-state index is 0.0745. The van der Waals surface area contributed by atoms with Gasteiger partial charge in [0.05, 0.1) is 17.7 Å². The van der Waals surface area contributed by atoms with Gasteiger partial charge >= 0.3 is 12.4 Å². The highest BCUT2D eigenvalue weighted by Crippen LogP contribution is 2.28. The van der Waals surface area contributed by atoms with Gasteiger partial charge in [-0.25, -0.2) is 0 Å². The van der Waals surface area contributed by atoms with Crippen LogP contribution >= 0.6 is 11.6 Å². The molecule has 0 heterocycles. The molecule has 0 radical (unpaired) electrons. The average Bonchev–Trinajstić information content (AvgIpc) is 2.68. The summed E-state index contributed by atoms with van der Waals surface area (Å²) in [5.41, 5.74) is 0.116. The number of amides is 1. The normalized spacial score (nSPS) is 11.7. The van der Waals surface area contributed by atoms with Gasteiger partial charge in [0.15, 0.2) is 13.2 Å². The second kappa shape index (κ2) is 9.99. The zero-order valence-corrected chi connectivity index (χ0v) is 16.6. The maximum atomic E-state index is 12.5. The first kappa shape index (κ1) is 24.4. The van der Waals surface area contributed by atoms with Crippen molar-refractivity contribution in [3.05, 3.63) is 52.5 Å². The van der Waals surface area contributed by atoms with Crippen molar-refractivity contribution in [1.29, 1.82) is 0 Å². The highest BCUT2D eigenvalue weighted by molar-refractivity contribution is 6.32. The zero-order valence-electron chi connectivity index (χ0n) is 15.9. The van der Waals surface area contributed by atoms with E-state index in [0.29, 0.717) is 11.3 Å². The largest absolute Gasteiger partial charge is 0.495 e. The van der Waals surface area contributed by atoms with E-state index in [1.54, 1.807) is 12.1 Å². The van der Waals surface area contributed by atoms with Gasteiger partial charge in [-0.1, -0.05) is 17.7 Å². The lowest BCUT2D eigenvalue weighted by Gasteiger charge is -2.15. The number of carbonyl (C=O) groups excluding carboxylic acids is 1. The Morgan fingerprint density at radius 3 is 2.13 bits per heavy atom. The Morgan fingerprint density at radius 2 is 1.55 bits per heavy atom. The number of carbonyl (C=O) groups is 1. The smallest absolute Gasteiger partial charge is 0.422 e. The van der Waals surface area contributed by atoms with Gasteiger partial charge in [0, 0.05) is 6.54 Å². The molecule has 170 valence electrons. The van der Waals surface area contributed by atoms with Crippen LogP contribution in [0.1, 0.15) is 15.9 Å². The zero-order chi connectivity index (χ0) is 23.2. The summed E-state index contributed by atoms with van der Waals surface area (Å²) < 4.78 is 88.7. The lowest BCUT2D eigenvalue weighted by atomic mass is 10.1. The number of ether oxygens (including phenoxy) is 3. The molecule has 0 unspecified atom stereocenters. The van der Waals surface area contributed by atoms with Gasteiger partial charge in [-0.05, 0) is 35.9 Å². The van der Waals surface area contributed by atoms with Gasteiger partial charge in [-0.2, -0.15) is 26.3 Å². The van der Waals surface area contributed by atoms with Gasteiger partial charge < -0.3 is 19.5 Å². The van der Waals surface area contributed by atoms with Crippen molar-refractivity contribution in [1.82, 2.24) is 5.32 Å². The molecular weight excluding hydrogens is 456 g/mol. The number of methoxy groups -OCH3 is 1. The first-order valence-corrected chi connectivity index (χ1v) is 8.89. The number of nitrogens with one attached hydrogen (secondary N) is 1. The summed E-state index contributed by atoms with van der Waals surface area (Å²) in [6.45, 7) is -3.40. The fourth-order valence-corrected chi connectivity index (χ4v) is 2.60. The maximum Gasteiger partial charge on any atom is 0.422 e. The summed E-state index contributed by atoms with van der Waals surface area (Å²) in [6, 6.07) is 7.41. The predicted molar refractivity (Wildman–Crippen MR) is 98.7 cm³/mol. The molecule has 0 spiro atoms. The standard InChI is InChI=1S/C19H16ClF6NO4/c1-29-16-4-2-11(6-14(16)20)8-27-17(28)13-7-12(30-9-18(21,22)23)3-5-15(13)31-10-19(24,25)26/h2-7H,8-10H2,1H3,(H,27,28). The molecule has 0 fully saturated rings. The van der Waals surface area contributed by atoms with Gasteiger partial charge in [-0.15, -0.1) is 0 Å². The van der Waals surface area contributed by atoms with Crippen LogP contribution in [0.2, 0.25) is 5.02 Å². The van der Waals surface area contributed by atoms with Crippen molar-refractivity contribution >= 4 is 17.5 Å². The Bertz CT molecular complexity index is 917. The van der Waals surface area contributed by atoms with Crippen LogP contribution in [0.25, 0.3) is 0 Å². The van der Waals surface area contributed by atoms with Crippen LogP contribution in [0.15, 0.2) is 36.4 Å². The van der Waals surface area contributed by atoms with Crippen molar-refractivity contribution in [2.24, 2.45) is 0 Å². The van der Waals surface area contributed by atoms with Crippen LogP contribution < -0.4 is 19.5 Å². The van der Waals surface area contributed by atoms with Gasteiger partial charge in [0.1, 0.15) is 17.2 Å². The Morgan fingerprint density at radius 1 is 0.935 bits per heavy atom. The van der Waals surface area contributed by atoms with E-state index in [-0.39, 0.29) is 17.3 Å². The van der Waals surface area contributed by atoms with Gasteiger partial charge in [0.2, 0.25) is 0 Å². The average molecular weight is 472 g/mol. The fraction of sp³-hybridized carbons (Fsp3) is 0.316. The van der Waals surface area contributed by atoms with E-state index in [9.17, 15) is 31.1 Å². The van der Waals surface area contributed by atoms with Crippen LogP contribution in [-0.2, 0) is 6.54 Å². The third-order valence-corrected chi connectivity index (χ3v) is 3.95. The molecule has 0 saturated heterocycles. The van der Waals surface area contributed by atoms with E-state index in [4.69, 9.17) is 16.3 Å². The molecule has 31 heavy (non-hydrogen) atoms. The quantitative estimate of drug-likeness (QED) is 0.540. The summed E-state index contributed by atoms with van der Waals surface area (Å²) >= 11 is 5.99. The molecule has 2 aromatic carbocycles. The van der Waals surface area contributed by atoms with E-state index in [1.807, 2.05) is 0 Å². The predicted octanol–water partition coefficient (Wildman–Crippen LogP) is 5.16. The second-order valence-electron chi connectivity index (χ2n) is 6.12. The van der Waals surface area contributed by atoms with Crippen molar-refractivity contribution < 1.29 is 45.3 Å². The number of benzene rings is 2. The first-order valence-electron chi connectivity index (χ1n) is 8.52. The molecule has 0 aliphatic carbocycles. The van der Waals surface area contributed by atoms with Crippen molar-refractivity contribution in [2.45, 2.75) is 18.9 Å². The summed E-state index contributed by atoms with van der Waals surface area (Å²) in [4.78, 5) is 12.5. The summed E-state index contributed by atoms with van der Waals surface area (Å²) in [7, 11) is 1.42. The Kier molecular flexibility index (Phi) is 7.88. The Balaban J connectivity index is 2.19. The molecule has 0 aromatic heterocycles. The molecular formula is C19H16ClF6NO4. The fourth-order valence-electron chi connectivity index (χ4n) is 2.32. The van der Waals surface area contributed by atoms with Crippen LogP contribution in [0.4, 0.5) is 26.3 Å². The van der Waals surface area contributed by atoms with Gasteiger partial charge in [-0.3, -0.25) is 4.79 Å². The molecule has 0 bridgehead atoms. The topological polar surface area (TPSA) is 56.8 Å². The van der Waals surface area contributed by atoms with E-state index in [2.05, 4.69) is 14.8 Å². The molecule has 12 heteroatoms. The third-order valence-electron chi connectivity index (χ3n) is 3.66. The molecule has 0 aliphatic heterocycles. The highest BCUT2D eigenvalue weighted by atomic mass is 35.5. The van der Waals surface area contributed by atoms with Crippen LogP contribution in [0.5, 0.6) is 17.2 Å². The Labute approximate surface area is 177 Å². The Hall–Kier alpha value is -2.82. The van der Waals surface area contributed by atoms with E-state index >= 15 is 0 Å². The van der Waals surface area contributed by atoms with Crippen molar-refractivity contribution in [2.75, 3.05) is 20.3 Å². The van der Waals surface area contributed by atoms with Crippen molar-refractivity contribution in [3.63, 3.8) is 0 Å². The molecule has 1 N–H and O–H groups in total. The minimum Gasteiger partial charge on any atom is -0.495 e. The monoisotopic (exact) mass is 471 g/mol. The number of rotatable bonds is 8. The van der Waals surface area contributed by atoms with E-state index in [0.717, 1.165) is 18.2 Å². The lowest BCUT2D eigenvalue weighted by Crippen LogP contribution is -2.25. The SMILES string of the molecule is COc1ccc(CNC(=O)c2cc(OCC(F)(F)F)ccc2OCC(F)(F)F)cc1Cl. The van der Waals surface area contributed by atoms with Crippen LogP contribution in [-0.4, -0.2) is 38.6 Å². The molecule has 5 nitrogen and oxygen atoms in total. The van der Waals surface area contributed by atoms with Gasteiger partial charge in [0.25, 0.3) is 5.91 Å². The lowest BCUT2D eigenvalue weighted by molar-refractivity contribution is -0.154. The minimum atomic E-state index is -4.68. The molecule has 2 aromatic rings. The summed E-state index contributed by atoms with van der Waals surface area (Å²) in [5.74, 6) is -1.33. The number of hydrogen-bond acceptors (Lipinski definition) is 4. The highest BCUT2D eigenvalue weighted by Gasteiger charge is 2.30. The third kappa shape index (κ3) is 8.08. The second-order valence-corrected chi connectivity index (χ2v) is 6.52. The van der Waals surface area contributed by atoms with Crippen LogP contribution in [0, 0.1) is 0 Å². The summed E-state index contributed by atoms with van der Waals surface area (Å²) in [6.07, 6.45) is -9.32. The molecule has 2 rings (SSSR count). The number of alkyl halides is 6. The maximum absolute atomic E-state index is 12.5. The van der Waals surface area contributed by atoms with Crippen molar-refractivity contribution in [3.8, 4) is 17.2 Å². The molecule has 0 atom stereocenters. The number of halogens is 7. The summed E-state index contributed by atoms with van der Waals surface area (Å²) in [5, 5.41) is 2.71.